The van der Waals surface area contributed by atoms with Crippen molar-refractivity contribution < 1.29 is 18.7 Å². The number of carbonyl (C=O) groups is 2. The Hall–Kier alpha value is -1.78. The van der Waals surface area contributed by atoms with E-state index in [0.717, 1.165) is 12.2 Å². The summed E-state index contributed by atoms with van der Waals surface area (Å²) in [4.78, 5) is 23.2. The summed E-state index contributed by atoms with van der Waals surface area (Å²) in [5.74, 6) is 0.711. The molecule has 0 aliphatic carbocycles. The van der Waals surface area contributed by atoms with E-state index in [4.69, 9.17) is 9.15 Å². The maximum Gasteiger partial charge on any atom is 0.329 e. The van der Waals surface area contributed by atoms with E-state index in [1.807, 2.05) is 19.1 Å². The van der Waals surface area contributed by atoms with Crippen LogP contribution in [0.2, 0.25) is 0 Å². The minimum absolute atomic E-state index is 0.146. The molecule has 0 aromatic carbocycles. The second-order valence-corrected chi connectivity index (χ2v) is 4.27. The van der Waals surface area contributed by atoms with E-state index in [-0.39, 0.29) is 18.2 Å². The number of ether oxygens (including phenoxy) is 1. The van der Waals surface area contributed by atoms with Crippen molar-refractivity contribution in [3.63, 3.8) is 0 Å². The minimum Gasteiger partial charge on any atom is -0.466 e. The molecule has 1 amide bonds. The Balaban J connectivity index is 2.18. The van der Waals surface area contributed by atoms with Crippen molar-refractivity contribution in [2.75, 3.05) is 6.61 Å². The molecule has 0 spiro atoms. The molecule has 0 radical (unpaired) electrons. The zero-order valence-corrected chi connectivity index (χ0v) is 10.6. The van der Waals surface area contributed by atoms with Crippen LogP contribution in [-0.4, -0.2) is 24.5 Å². The van der Waals surface area contributed by atoms with Crippen molar-refractivity contribution >= 4 is 11.9 Å². The van der Waals surface area contributed by atoms with Crippen molar-refractivity contribution in [3.05, 3.63) is 23.7 Å². The Kier molecular flexibility index (Phi) is 3.69. The molecule has 2 rings (SSSR count). The first-order chi connectivity index (χ1) is 8.65. The third-order valence-electron chi connectivity index (χ3n) is 3.06. The van der Waals surface area contributed by atoms with Gasteiger partial charge < -0.3 is 14.5 Å². The fraction of sp³-hybridized carbons (Fsp3) is 0.538. The Labute approximate surface area is 105 Å². The van der Waals surface area contributed by atoms with E-state index >= 15 is 0 Å². The highest BCUT2D eigenvalue weighted by Gasteiger charge is 2.41. The lowest BCUT2D eigenvalue weighted by atomic mass is 9.98. The average Bonchev–Trinajstić information content (AvgIpc) is 2.95. The molecule has 2 atom stereocenters. The SMILES string of the molecule is CCOC(=O)C1NC(=O)CC1c1ccc(CC)o1. The second-order valence-electron chi connectivity index (χ2n) is 4.27. The van der Waals surface area contributed by atoms with Crippen LogP contribution in [0, 0.1) is 0 Å². The zero-order valence-electron chi connectivity index (χ0n) is 10.6. The number of furan rings is 1. The maximum absolute atomic E-state index is 11.8. The van der Waals surface area contributed by atoms with Gasteiger partial charge in [0, 0.05) is 12.8 Å². The molecule has 1 aliphatic heterocycles. The standard InChI is InChI=1S/C13H17NO4/c1-3-8-5-6-10(18-8)9-7-11(15)14-12(9)13(16)17-4-2/h5-6,9,12H,3-4,7H2,1-2H3,(H,14,15). The van der Waals surface area contributed by atoms with Crippen LogP contribution < -0.4 is 5.32 Å². The maximum atomic E-state index is 11.8. The Morgan fingerprint density at radius 1 is 1.50 bits per heavy atom. The van der Waals surface area contributed by atoms with Gasteiger partial charge in [-0.2, -0.15) is 0 Å². The highest BCUT2D eigenvalue weighted by atomic mass is 16.5. The van der Waals surface area contributed by atoms with Crippen LogP contribution in [0.1, 0.15) is 37.7 Å². The van der Waals surface area contributed by atoms with Gasteiger partial charge in [-0.05, 0) is 19.1 Å². The summed E-state index contributed by atoms with van der Waals surface area (Å²) >= 11 is 0. The molecule has 5 heteroatoms. The zero-order chi connectivity index (χ0) is 13.1. The first-order valence-corrected chi connectivity index (χ1v) is 6.20. The van der Waals surface area contributed by atoms with Crippen molar-refractivity contribution in [2.45, 2.75) is 38.6 Å². The third kappa shape index (κ3) is 2.39. The van der Waals surface area contributed by atoms with Gasteiger partial charge in [0.1, 0.15) is 17.6 Å². The van der Waals surface area contributed by atoms with Gasteiger partial charge in [-0.15, -0.1) is 0 Å². The number of carbonyl (C=O) groups excluding carboxylic acids is 2. The largest absolute Gasteiger partial charge is 0.466 e. The van der Waals surface area contributed by atoms with Gasteiger partial charge in [-0.25, -0.2) is 4.79 Å². The normalized spacial score (nSPS) is 22.9. The fourth-order valence-electron chi connectivity index (χ4n) is 2.15. The summed E-state index contributed by atoms with van der Waals surface area (Å²) in [6.45, 7) is 4.03. The van der Waals surface area contributed by atoms with Crippen molar-refractivity contribution in [1.82, 2.24) is 5.32 Å². The molecule has 1 aromatic heterocycles. The smallest absolute Gasteiger partial charge is 0.329 e. The molecule has 2 heterocycles. The summed E-state index contributed by atoms with van der Waals surface area (Å²) < 4.78 is 10.6. The molecular formula is C13H17NO4. The van der Waals surface area contributed by atoms with Crippen LogP contribution in [0.3, 0.4) is 0 Å². The quantitative estimate of drug-likeness (QED) is 0.821. The number of esters is 1. The summed E-state index contributed by atoms with van der Waals surface area (Å²) in [6.07, 6.45) is 1.05. The van der Waals surface area contributed by atoms with Crippen LogP contribution in [0.4, 0.5) is 0 Å². The van der Waals surface area contributed by atoms with Gasteiger partial charge in [-0.1, -0.05) is 6.92 Å². The molecule has 1 aromatic rings. The second kappa shape index (κ2) is 5.25. The summed E-state index contributed by atoms with van der Waals surface area (Å²) in [7, 11) is 0. The topological polar surface area (TPSA) is 68.5 Å². The molecule has 0 saturated carbocycles. The van der Waals surface area contributed by atoms with E-state index in [2.05, 4.69) is 5.32 Å². The molecular weight excluding hydrogens is 234 g/mol. The Morgan fingerprint density at radius 3 is 2.89 bits per heavy atom. The summed E-state index contributed by atoms with van der Waals surface area (Å²) in [5.41, 5.74) is 0. The molecule has 1 fully saturated rings. The molecule has 2 unspecified atom stereocenters. The molecule has 0 bridgehead atoms. The lowest BCUT2D eigenvalue weighted by molar-refractivity contribution is -0.146. The lowest BCUT2D eigenvalue weighted by Crippen LogP contribution is -2.37. The van der Waals surface area contributed by atoms with Gasteiger partial charge in [0.15, 0.2) is 0 Å². The lowest BCUT2D eigenvalue weighted by Gasteiger charge is -2.15. The number of amides is 1. The Bertz CT molecular complexity index is 452. The van der Waals surface area contributed by atoms with Gasteiger partial charge >= 0.3 is 5.97 Å². The molecule has 1 aliphatic rings. The van der Waals surface area contributed by atoms with Gasteiger partial charge in [0.25, 0.3) is 0 Å². The number of aryl methyl sites for hydroxylation is 1. The van der Waals surface area contributed by atoms with Crippen molar-refractivity contribution in [3.8, 4) is 0 Å². The monoisotopic (exact) mass is 251 g/mol. The van der Waals surface area contributed by atoms with Gasteiger partial charge in [0.2, 0.25) is 5.91 Å². The van der Waals surface area contributed by atoms with E-state index in [1.54, 1.807) is 6.92 Å². The first kappa shape index (κ1) is 12.7. The molecule has 18 heavy (non-hydrogen) atoms. The van der Waals surface area contributed by atoms with Gasteiger partial charge in [0.05, 0.1) is 12.5 Å². The predicted octanol–water partition coefficient (Wildman–Crippen LogP) is 1.38. The highest BCUT2D eigenvalue weighted by molar-refractivity contribution is 5.90. The van der Waals surface area contributed by atoms with Crippen LogP contribution in [0.5, 0.6) is 0 Å². The van der Waals surface area contributed by atoms with E-state index in [9.17, 15) is 9.59 Å². The van der Waals surface area contributed by atoms with Crippen LogP contribution in [0.15, 0.2) is 16.5 Å². The number of rotatable bonds is 4. The number of hydrogen-bond donors (Lipinski definition) is 1. The average molecular weight is 251 g/mol. The van der Waals surface area contributed by atoms with E-state index in [1.165, 1.54) is 0 Å². The first-order valence-electron chi connectivity index (χ1n) is 6.20. The molecule has 98 valence electrons. The minimum atomic E-state index is -0.631. The van der Waals surface area contributed by atoms with Crippen LogP contribution in [0.25, 0.3) is 0 Å². The summed E-state index contributed by atoms with van der Waals surface area (Å²) in [5, 5.41) is 2.64. The third-order valence-corrected chi connectivity index (χ3v) is 3.06. The van der Waals surface area contributed by atoms with E-state index < -0.39 is 12.0 Å². The highest BCUT2D eigenvalue weighted by Crippen LogP contribution is 2.30. The summed E-state index contributed by atoms with van der Waals surface area (Å²) in [6, 6.07) is 3.07. The fourth-order valence-corrected chi connectivity index (χ4v) is 2.15. The molecule has 1 saturated heterocycles. The van der Waals surface area contributed by atoms with E-state index in [0.29, 0.717) is 12.4 Å². The Morgan fingerprint density at radius 2 is 2.28 bits per heavy atom. The van der Waals surface area contributed by atoms with Gasteiger partial charge in [-0.3, -0.25) is 4.79 Å². The molecule has 1 N–H and O–H groups in total. The number of hydrogen-bond acceptors (Lipinski definition) is 4. The predicted molar refractivity (Wildman–Crippen MR) is 64.0 cm³/mol. The van der Waals surface area contributed by atoms with Crippen molar-refractivity contribution in [2.24, 2.45) is 0 Å². The van der Waals surface area contributed by atoms with Crippen LogP contribution >= 0.6 is 0 Å². The molecule has 5 nitrogen and oxygen atoms in total. The van der Waals surface area contributed by atoms with Crippen molar-refractivity contribution in [1.29, 1.82) is 0 Å². The van der Waals surface area contributed by atoms with Crippen LogP contribution in [-0.2, 0) is 20.7 Å². The number of nitrogens with one attached hydrogen (secondary N) is 1.